The summed E-state index contributed by atoms with van der Waals surface area (Å²) in [5.74, 6) is -2.81. The van der Waals surface area contributed by atoms with Crippen LogP contribution in [0.25, 0.3) is 6.08 Å². The van der Waals surface area contributed by atoms with Crippen LogP contribution in [-0.4, -0.2) is 37.6 Å². The first kappa shape index (κ1) is 20.9. The van der Waals surface area contributed by atoms with Crippen molar-refractivity contribution in [3.63, 3.8) is 0 Å². The number of fused-ring (bicyclic) bond motifs is 1. The number of esters is 1. The molecule has 0 fully saturated rings. The number of hydrogen-bond donors (Lipinski definition) is 5. The Hall–Kier alpha value is -4.33. The molecule has 3 aromatic carbocycles. The Kier molecular flexibility index (Phi) is 5.51. The van der Waals surface area contributed by atoms with Crippen molar-refractivity contribution in [1.82, 2.24) is 0 Å². The first-order chi connectivity index (χ1) is 15.3. The Balaban J connectivity index is 1.66. The fourth-order valence-corrected chi connectivity index (χ4v) is 3.54. The normalized spacial score (nSPS) is 17.5. The number of ether oxygens (including phenoxy) is 2. The molecule has 0 unspecified atom stereocenters. The lowest BCUT2D eigenvalue weighted by molar-refractivity contribution is -0.149. The molecule has 0 saturated carbocycles. The van der Waals surface area contributed by atoms with Gasteiger partial charge >= 0.3 is 5.97 Å². The van der Waals surface area contributed by atoms with Crippen LogP contribution < -0.4 is 4.74 Å². The highest BCUT2D eigenvalue weighted by Crippen LogP contribution is 2.45. The zero-order chi connectivity index (χ0) is 22.8. The molecule has 32 heavy (non-hydrogen) atoms. The second-order valence-corrected chi connectivity index (χ2v) is 7.31. The van der Waals surface area contributed by atoms with E-state index in [-0.39, 0.29) is 29.2 Å². The number of rotatable bonds is 4. The molecule has 0 spiro atoms. The minimum Gasteiger partial charge on any atom is -0.508 e. The number of phenols is 5. The highest BCUT2D eigenvalue weighted by atomic mass is 16.6. The van der Waals surface area contributed by atoms with Gasteiger partial charge in [0.15, 0.2) is 23.4 Å². The molecular weight excluding hydrogens is 416 g/mol. The fraction of sp³-hybridized carbons (Fsp3) is 0.125. The SMILES string of the molecule is O=C(C=Cc1ccccc1)O[C@@H]1Cc2c(O)cc(O)cc2O[C@@H]1c1cc(O)c(O)c(O)c1. The molecule has 5 N–H and O–H groups in total. The van der Waals surface area contributed by atoms with E-state index in [0.717, 1.165) is 11.6 Å². The molecule has 3 aromatic rings. The Bertz CT molecular complexity index is 1160. The molecule has 164 valence electrons. The summed E-state index contributed by atoms with van der Waals surface area (Å²) in [6.07, 6.45) is 0.927. The molecule has 0 aromatic heterocycles. The van der Waals surface area contributed by atoms with Crippen molar-refractivity contribution in [1.29, 1.82) is 0 Å². The Morgan fingerprint density at radius 3 is 2.31 bits per heavy atom. The van der Waals surface area contributed by atoms with Gasteiger partial charge in [-0.15, -0.1) is 0 Å². The topological polar surface area (TPSA) is 137 Å². The fourth-order valence-electron chi connectivity index (χ4n) is 3.54. The van der Waals surface area contributed by atoms with Gasteiger partial charge in [0.2, 0.25) is 0 Å². The van der Waals surface area contributed by atoms with E-state index in [0.29, 0.717) is 5.56 Å². The third kappa shape index (κ3) is 4.24. The van der Waals surface area contributed by atoms with E-state index in [1.807, 2.05) is 30.3 Å². The van der Waals surface area contributed by atoms with Gasteiger partial charge in [-0.2, -0.15) is 0 Å². The Morgan fingerprint density at radius 1 is 0.938 bits per heavy atom. The van der Waals surface area contributed by atoms with Crippen molar-refractivity contribution < 1.29 is 39.8 Å². The number of hydrogen-bond acceptors (Lipinski definition) is 8. The van der Waals surface area contributed by atoms with Gasteiger partial charge in [-0.3, -0.25) is 0 Å². The number of carbonyl (C=O) groups excluding carboxylic acids is 1. The Morgan fingerprint density at radius 2 is 1.62 bits per heavy atom. The molecule has 0 radical (unpaired) electrons. The molecule has 2 atom stereocenters. The van der Waals surface area contributed by atoms with Crippen molar-refractivity contribution in [2.75, 3.05) is 0 Å². The van der Waals surface area contributed by atoms with Crippen LogP contribution in [0, 0.1) is 0 Å². The van der Waals surface area contributed by atoms with E-state index in [2.05, 4.69) is 0 Å². The van der Waals surface area contributed by atoms with Gasteiger partial charge in [0, 0.05) is 35.8 Å². The highest BCUT2D eigenvalue weighted by molar-refractivity contribution is 5.87. The summed E-state index contributed by atoms with van der Waals surface area (Å²) in [7, 11) is 0. The molecule has 4 rings (SSSR count). The van der Waals surface area contributed by atoms with Gasteiger partial charge in [0.05, 0.1) is 0 Å². The summed E-state index contributed by atoms with van der Waals surface area (Å²) in [6.45, 7) is 0. The second kappa shape index (κ2) is 8.43. The molecule has 1 heterocycles. The van der Waals surface area contributed by atoms with Crippen molar-refractivity contribution in [2.24, 2.45) is 0 Å². The van der Waals surface area contributed by atoms with Crippen LogP contribution in [0.15, 0.2) is 60.7 Å². The lowest BCUT2D eigenvalue weighted by atomic mass is 9.93. The van der Waals surface area contributed by atoms with Crippen LogP contribution >= 0.6 is 0 Å². The van der Waals surface area contributed by atoms with Crippen LogP contribution in [0.3, 0.4) is 0 Å². The maximum atomic E-state index is 12.5. The maximum Gasteiger partial charge on any atom is 0.331 e. The average molecular weight is 436 g/mol. The largest absolute Gasteiger partial charge is 0.508 e. The van der Waals surface area contributed by atoms with Gasteiger partial charge in [-0.05, 0) is 23.8 Å². The molecular formula is C24H20O8. The summed E-state index contributed by atoms with van der Waals surface area (Å²) in [5, 5.41) is 49.5. The Labute approximate surface area is 182 Å². The third-order valence-electron chi connectivity index (χ3n) is 5.07. The van der Waals surface area contributed by atoms with Crippen molar-refractivity contribution in [3.8, 4) is 34.5 Å². The van der Waals surface area contributed by atoms with E-state index in [1.54, 1.807) is 6.08 Å². The van der Waals surface area contributed by atoms with Crippen LogP contribution in [0.1, 0.15) is 22.8 Å². The van der Waals surface area contributed by atoms with E-state index in [4.69, 9.17) is 9.47 Å². The second-order valence-electron chi connectivity index (χ2n) is 7.31. The first-order valence-corrected chi connectivity index (χ1v) is 9.72. The zero-order valence-corrected chi connectivity index (χ0v) is 16.7. The molecule has 8 heteroatoms. The molecule has 1 aliphatic heterocycles. The van der Waals surface area contributed by atoms with E-state index in [9.17, 15) is 30.3 Å². The van der Waals surface area contributed by atoms with Gasteiger partial charge in [-0.25, -0.2) is 4.79 Å². The molecule has 0 saturated heterocycles. The van der Waals surface area contributed by atoms with Crippen LogP contribution in [0.4, 0.5) is 0 Å². The van der Waals surface area contributed by atoms with Gasteiger partial charge in [0.25, 0.3) is 0 Å². The van der Waals surface area contributed by atoms with E-state index < -0.39 is 35.4 Å². The minimum absolute atomic E-state index is 0.0411. The van der Waals surface area contributed by atoms with Crippen LogP contribution in [0.2, 0.25) is 0 Å². The summed E-state index contributed by atoms with van der Waals surface area (Å²) in [4.78, 5) is 12.5. The minimum atomic E-state index is -1.00. The summed E-state index contributed by atoms with van der Waals surface area (Å²) < 4.78 is 11.5. The van der Waals surface area contributed by atoms with E-state index >= 15 is 0 Å². The number of carbonyl (C=O) groups is 1. The molecule has 0 bridgehead atoms. The standard InChI is InChI=1S/C24H20O8/c25-15-10-17(26)16-12-21(31-22(29)7-6-13-4-2-1-3-5-13)24(32-20(16)11-15)14-8-18(27)23(30)19(28)9-14/h1-11,21,24-28,30H,12H2/t21-,24-/m1/s1. The van der Waals surface area contributed by atoms with Gasteiger partial charge in [0.1, 0.15) is 23.4 Å². The van der Waals surface area contributed by atoms with E-state index in [1.165, 1.54) is 24.3 Å². The average Bonchev–Trinajstić information content (AvgIpc) is 2.76. The molecule has 0 amide bonds. The molecule has 1 aliphatic rings. The van der Waals surface area contributed by atoms with Crippen LogP contribution in [0.5, 0.6) is 34.5 Å². The number of aromatic hydroxyl groups is 5. The van der Waals surface area contributed by atoms with Gasteiger partial charge in [-0.1, -0.05) is 30.3 Å². The van der Waals surface area contributed by atoms with Crippen molar-refractivity contribution >= 4 is 12.0 Å². The summed E-state index contributed by atoms with van der Waals surface area (Å²) in [6, 6.07) is 13.9. The summed E-state index contributed by atoms with van der Waals surface area (Å²) in [5.41, 5.74) is 1.35. The lowest BCUT2D eigenvalue weighted by Crippen LogP contribution is -2.34. The van der Waals surface area contributed by atoms with Gasteiger partial charge < -0.3 is 35.0 Å². The third-order valence-corrected chi connectivity index (χ3v) is 5.07. The highest BCUT2D eigenvalue weighted by Gasteiger charge is 2.36. The lowest BCUT2D eigenvalue weighted by Gasteiger charge is -2.33. The molecule has 0 aliphatic carbocycles. The predicted octanol–water partition coefficient (Wildman–Crippen LogP) is 3.52. The quantitative estimate of drug-likeness (QED) is 0.238. The van der Waals surface area contributed by atoms with Crippen LogP contribution in [-0.2, 0) is 16.0 Å². The predicted molar refractivity (Wildman–Crippen MR) is 114 cm³/mol. The smallest absolute Gasteiger partial charge is 0.331 e. The summed E-state index contributed by atoms with van der Waals surface area (Å²) >= 11 is 0. The molecule has 8 nitrogen and oxygen atoms in total. The first-order valence-electron chi connectivity index (χ1n) is 9.72. The number of benzene rings is 3. The maximum absolute atomic E-state index is 12.5. The zero-order valence-electron chi connectivity index (χ0n) is 16.7. The van der Waals surface area contributed by atoms with Crippen molar-refractivity contribution in [3.05, 3.63) is 77.4 Å². The monoisotopic (exact) mass is 436 g/mol. The van der Waals surface area contributed by atoms with Crippen molar-refractivity contribution in [2.45, 2.75) is 18.6 Å². The number of phenolic OH excluding ortho intramolecular Hbond substituents is 5.